The lowest BCUT2D eigenvalue weighted by Gasteiger charge is -2.26. The molecule has 140 valence electrons. The van der Waals surface area contributed by atoms with Crippen LogP contribution in [-0.4, -0.2) is 47.8 Å². The van der Waals surface area contributed by atoms with Gasteiger partial charge in [-0.15, -0.1) is 0 Å². The summed E-state index contributed by atoms with van der Waals surface area (Å²) in [6.45, 7) is 2.31. The number of carbonyl (C=O) groups is 2. The van der Waals surface area contributed by atoms with Crippen LogP contribution >= 0.6 is 0 Å². The van der Waals surface area contributed by atoms with Crippen molar-refractivity contribution in [3.05, 3.63) is 35.6 Å². The van der Waals surface area contributed by atoms with Crippen molar-refractivity contribution in [2.75, 3.05) is 26.2 Å². The van der Waals surface area contributed by atoms with Gasteiger partial charge in [-0.3, -0.25) is 9.59 Å². The Bertz CT molecular complexity index is 692. The maximum Gasteiger partial charge on any atom is 0.256 e. The lowest BCUT2D eigenvalue weighted by Crippen LogP contribution is -2.38. The van der Waals surface area contributed by atoms with Gasteiger partial charge in [0, 0.05) is 32.6 Å². The van der Waals surface area contributed by atoms with Crippen LogP contribution in [0.5, 0.6) is 0 Å². The van der Waals surface area contributed by atoms with E-state index >= 15 is 0 Å². The van der Waals surface area contributed by atoms with Crippen LogP contribution in [0.25, 0.3) is 0 Å². The number of rotatable bonds is 3. The molecule has 0 N–H and O–H groups in total. The first kappa shape index (κ1) is 17.5. The average molecular weight is 358 g/mol. The lowest BCUT2D eigenvalue weighted by atomic mass is 9.86. The van der Waals surface area contributed by atoms with Crippen molar-refractivity contribution >= 4 is 11.8 Å². The maximum absolute atomic E-state index is 13.9. The molecule has 1 aromatic rings. The van der Waals surface area contributed by atoms with Gasteiger partial charge in [-0.1, -0.05) is 18.6 Å². The van der Waals surface area contributed by atoms with E-state index in [-0.39, 0.29) is 17.4 Å². The predicted octanol–water partition coefficient (Wildman–Crippen LogP) is 3.33. The molecule has 2 bridgehead atoms. The summed E-state index contributed by atoms with van der Waals surface area (Å²) in [6.07, 6.45) is 6.62. The SMILES string of the molecule is O=C(CC1CC2CCC1C2)N1CCCN(C(=O)c2ccccc2F)CC1. The zero-order chi connectivity index (χ0) is 18.1. The molecule has 3 unspecified atom stereocenters. The van der Waals surface area contributed by atoms with Crippen molar-refractivity contribution in [3.63, 3.8) is 0 Å². The monoisotopic (exact) mass is 358 g/mol. The Morgan fingerprint density at radius 1 is 1.00 bits per heavy atom. The summed E-state index contributed by atoms with van der Waals surface area (Å²) in [5.41, 5.74) is 0.120. The number of amides is 2. The van der Waals surface area contributed by atoms with E-state index in [4.69, 9.17) is 0 Å². The molecule has 1 aromatic carbocycles. The number of halogens is 1. The summed E-state index contributed by atoms with van der Waals surface area (Å²) >= 11 is 0. The summed E-state index contributed by atoms with van der Waals surface area (Å²) in [7, 11) is 0. The van der Waals surface area contributed by atoms with Crippen molar-refractivity contribution in [2.45, 2.75) is 38.5 Å². The smallest absolute Gasteiger partial charge is 0.256 e. The maximum atomic E-state index is 13.9. The first-order chi connectivity index (χ1) is 12.6. The Labute approximate surface area is 154 Å². The van der Waals surface area contributed by atoms with E-state index in [1.165, 1.54) is 37.8 Å². The van der Waals surface area contributed by atoms with Crippen molar-refractivity contribution in [2.24, 2.45) is 17.8 Å². The Morgan fingerprint density at radius 2 is 1.77 bits per heavy atom. The molecule has 0 radical (unpaired) electrons. The highest BCUT2D eigenvalue weighted by molar-refractivity contribution is 5.94. The Morgan fingerprint density at radius 3 is 2.50 bits per heavy atom. The largest absolute Gasteiger partial charge is 0.341 e. The van der Waals surface area contributed by atoms with Gasteiger partial charge in [0.1, 0.15) is 5.82 Å². The Balaban J connectivity index is 1.33. The Hall–Kier alpha value is -1.91. The molecule has 1 saturated heterocycles. The minimum Gasteiger partial charge on any atom is -0.341 e. The molecular formula is C21H27FN2O2. The van der Waals surface area contributed by atoms with Crippen molar-refractivity contribution in [1.82, 2.24) is 9.80 Å². The summed E-state index contributed by atoms with van der Waals surface area (Å²) in [6, 6.07) is 6.11. The fourth-order valence-corrected chi connectivity index (χ4v) is 5.15. The standard InChI is InChI=1S/C21H27FN2O2/c22-19-5-2-1-4-18(19)21(26)24-9-3-8-23(10-11-24)20(25)14-17-13-15-6-7-16(17)12-15/h1-2,4-5,15-17H,3,6-14H2. The predicted molar refractivity (Wildman–Crippen MR) is 97.1 cm³/mol. The average Bonchev–Trinajstić information content (AvgIpc) is 3.16. The molecule has 2 amide bonds. The van der Waals surface area contributed by atoms with Crippen LogP contribution in [0.1, 0.15) is 48.9 Å². The van der Waals surface area contributed by atoms with Gasteiger partial charge in [-0.25, -0.2) is 4.39 Å². The number of hydrogen-bond donors (Lipinski definition) is 0. The molecule has 3 atom stereocenters. The molecule has 1 aliphatic heterocycles. The molecule has 26 heavy (non-hydrogen) atoms. The molecule has 4 nitrogen and oxygen atoms in total. The van der Waals surface area contributed by atoms with Crippen LogP contribution < -0.4 is 0 Å². The van der Waals surface area contributed by atoms with Crippen molar-refractivity contribution < 1.29 is 14.0 Å². The van der Waals surface area contributed by atoms with E-state index in [2.05, 4.69) is 0 Å². The van der Waals surface area contributed by atoms with E-state index in [0.29, 0.717) is 38.5 Å². The third kappa shape index (κ3) is 3.49. The van der Waals surface area contributed by atoms with Crippen molar-refractivity contribution in [3.8, 4) is 0 Å². The molecule has 5 heteroatoms. The van der Waals surface area contributed by atoms with Crippen LogP contribution in [0.2, 0.25) is 0 Å². The fraction of sp³-hybridized carbons (Fsp3) is 0.619. The van der Waals surface area contributed by atoms with Gasteiger partial charge >= 0.3 is 0 Å². The van der Waals surface area contributed by atoms with E-state index in [1.54, 1.807) is 17.0 Å². The molecule has 2 saturated carbocycles. The molecule has 4 rings (SSSR count). The zero-order valence-corrected chi connectivity index (χ0v) is 15.2. The molecule has 1 heterocycles. The van der Waals surface area contributed by atoms with Gasteiger partial charge in [0.25, 0.3) is 5.91 Å². The third-order valence-corrected chi connectivity index (χ3v) is 6.56. The van der Waals surface area contributed by atoms with Crippen LogP contribution in [0.15, 0.2) is 24.3 Å². The summed E-state index contributed by atoms with van der Waals surface area (Å²) < 4.78 is 13.9. The molecule has 2 aliphatic carbocycles. The van der Waals surface area contributed by atoms with E-state index in [1.807, 2.05) is 4.90 Å². The van der Waals surface area contributed by atoms with E-state index in [0.717, 1.165) is 18.3 Å². The highest BCUT2D eigenvalue weighted by Gasteiger charge is 2.40. The van der Waals surface area contributed by atoms with Crippen LogP contribution in [-0.2, 0) is 4.79 Å². The second-order valence-electron chi connectivity index (χ2n) is 8.15. The van der Waals surface area contributed by atoms with Gasteiger partial charge in [0.15, 0.2) is 0 Å². The molecule has 3 fully saturated rings. The van der Waals surface area contributed by atoms with Gasteiger partial charge in [-0.05, 0) is 55.6 Å². The number of carbonyl (C=O) groups excluding carboxylic acids is 2. The molecule has 3 aliphatic rings. The minimum atomic E-state index is -0.481. The van der Waals surface area contributed by atoms with Crippen molar-refractivity contribution in [1.29, 1.82) is 0 Å². The third-order valence-electron chi connectivity index (χ3n) is 6.56. The van der Waals surface area contributed by atoms with Gasteiger partial charge in [0.05, 0.1) is 5.56 Å². The minimum absolute atomic E-state index is 0.120. The fourth-order valence-electron chi connectivity index (χ4n) is 5.15. The second kappa shape index (κ2) is 7.37. The van der Waals surface area contributed by atoms with Crippen LogP contribution in [0.4, 0.5) is 4.39 Å². The number of nitrogens with zero attached hydrogens (tertiary/aromatic N) is 2. The van der Waals surface area contributed by atoms with Crippen LogP contribution in [0, 0.1) is 23.6 Å². The first-order valence-electron chi connectivity index (χ1n) is 9.93. The zero-order valence-electron chi connectivity index (χ0n) is 15.2. The highest BCUT2D eigenvalue weighted by atomic mass is 19.1. The van der Waals surface area contributed by atoms with E-state index < -0.39 is 5.82 Å². The van der Waals surface area contributed by atoms with Gasteiger partial charge in [-0.2, -0.15) is 0 Å². The van der Waals surface area contributed by atoms with Gasteiger partial charge in [0.2, 0.25) is 5.91 Å². The quantitative estimate of drug-likeness (QED) is 0.832. The number of fused-ring (bicyclic) bond motifs is 2. The summed E-state index contributed by atoms with van der Waals surface area (Å²) in [4.78, 5) is 28.9. The Kier molecular flexibility index (Phi) is 4.96. The van der Waals surface area contributed by atoms with Crippen LogP contribution in [0.3, 0.4) is 0 Å². The van der Waals surface area contributed by atoms with E-state index in [9.17, 15) is 14.0 Å². The summed E-state index contributed by atoms with van der Waals surface area (Å²) in [5.74, 6) is 1.67. The number of hydrogen-bond acceptors (Lipinski definition) is 2. The normalized spacial score (nSPS) is 28.3. The van der Waals surface area contributed by atoms with Gasteiger partial charge < -0.3 is 9.80 Å². The second-order valence-corrected chi connectivity index (χ2v) is 8.15. The topological polar surface area (TPSA) is 40.6 Å². The lowest BCUT2D eigenvalue weighted by molar-refractivity contribution is -0.132. The number of benzene rings is 1. The highest BCUT2D eigenvalue weighted by Crippen LogP contribution is 2.49. The molecule has 0 spiro atoms. The summed E-state index contributed by atoms with van der Waals surface area (Å²) in [5, 5.41) is 0. The molecular weight excluding hydrogens is 331 g/mol. The molecule has 0 aromatic heterocycles. The first-order valence-corrected chi connectivity index (χ1v) is 9.93.